The lowest BCUT2D eigenvalue weighted by Gasteiger charge is -2.17. The molecule has 0 heterocycles. The molecule has 0 radical (unpaired) electrons. The average Bonchev–Trinajstić information content (AvgIpc) is 2.25. The number of hydrogen-bond acceptors (Lipinski definition) is 3. The van der Waals surface area contributed by atoms with E-state index in [1.807, 2.05) is 32.0 Å². The third-order valence-corrected chi connectivity index (χ3v) is 2.30. The molecule has 0 saturated carbocycles. The van der Waals surface area contributed by atoms with Crippen molar-refractivity contribution in [1.29, 1.82) is 0 Å². The predicted molar refractivity (Wildman–Crippen MR) is 72.3 cm³/mol. The molecule has 1 aromatic rings. The molecule has 1 rings (SSSR count). The number of carbonyl (C=O) groups is 1. The fourth-order valence-corrected chi connectivity index (χ4v) is 1.45. The molecule has 0 atom stereocenters. The molecule has 17 heavy (non-hydrogen) atoms. The van der Waals surface area contributed by atoms with Gasteiger partial charge in [-0.15, -0.1) is 0 Å². The van der Waals surface area contributed by atoms with Gasteiger partial charge in [0.2, 0.25) is 0 Å². The first-order chi connectivity index (χ1) is 7.91. The van der Waals surface area contributed by atoms with Gasteiger partial charge in [0.05, 0.1) is 5.56 Å². The maximum absolute atomic E-state index is 12.0. The Kier molecular flexibility index (Phi) is 4.15. The minimum absolute atomic E-state index is 0.135. The summed E-state index contributed by atoms with van der Waals surface area (Å²) in [5, 5.41) is 2.80. The van der Waals surface area contributed by atoms with Crippen LogP contribution >= 0.6 is 0 Å². The van der Waals surface area contributed by atoms with Crippen LogP contribution in [0.3, 0.4) is 0 Å². The van der Waals surface area contributed by atoms with Gasteiger partial charge >= 0.3 is 0 Å². The molecule has 0 aliphatic heterocycles. The van der Waals surface area contributed by atoms with Crippen LogP contribution in [-0.2, 0) is 0 Å². The summed E-state index contributed by atoms with van der Waals surface area (Å²) >= 11 is 0. The van der Waals surface area contributed by atoms with E-state index in [1.165, 1.54) is 0 Å². The third kappa shape index (κ3) is 3.52. The number of amides is 1. The molecule has 4 heteroatoms. The van der Waals surface area contributed by atoms with E-state index in [-0.39, 0.29) is 5.91 Å². The number of nitrogens with zero attached hydrogens (tertiary/aromatic N) is 1. The topological polar surface area (TPSA) is 58.4 Å². The molecule has 3 N–H and O–H groups in total. The van der Waals surface area contributed by atoms with E-state index in [9.17, 15) is 4.79 Å². The highest BCUT2D eigenvalue weighted by Crippen LogP contribution is 2.21. The summed E-state index contributed by atoms with van der Waals surface area (Å²) < 4.78 is 0. The van der Waals surface area contributed by atoms with Gasteiger partial charge in [-0.05, 0) is 25.1 Å². The van der Waals surface area contributed by atoms with Crippen LogP contribution in [0.1, 0.15) is 17.3 Å². The van der Waals surface area contributed by atoms with Crippen molar-refractivity contribution in [2.24, 2.45) is 0 Å². The van der Waals surface area contributed by atoms with E-state index in [4.69, 9.17) is 5.73 Å². The Morgan fingerprint density at radius 1 is 1.47 bits per heavy atom. The van der Waals surface area contributed by atoms with Crippen molar-refractivity contribution in [2.45, 2.75) is 6.92 Å². The van der Waals surface area contributed by atoms with Gasteiger partial charge in [-0.3, -0.25) is 4.79 Å². The van der Waals surface area contributed by atoms with Crippen LogP contribution in [0.25, 0.3) is 0 Å². The molecule has 0 fully saturated rings. The lowest BCUT2D eigenvalue weighted by atomic mass is 10.1. The highest BCUT2D eigenvalue weighted by Gasteiger charge is 2.12. The van der Waals surface area contributed by atoms with E-state index in [0.717, 1.165) is 11.3 Å². The molecule has 1 amide bonds. The monoisotopic (exact) mass is 233 g/mol. The molecule has 0 saturated heterocycles. The van der Waals surface area contributed by atoms with Crippen molar-refractivity contribution in [3.05, 3.63) is 35.9 Å². The molecular weight excluding hydrogens is 214 g/mol. The summed E-state index contributed by atoms with van der Waals surface area (Å²) in [6, 6.07) is 5.30. The van der Waals surface area contributed by atoms with Crippen LogP contribution in [0, 0.1) is 0 Å². The number of rotatable bonds is 4. The fourth-order valence-electron chi connectivity index (χ4n) is 1.45. The first-order valence-corrected chi connectivity index (χ1v) is 5.41. The van der Waals surface area contributed by atoms with Crippen LogP contribution in [0.5, 0.6) is 0 Å². The highest BCUT2D eigenvalue weighted by atomic mass is 16.1. The number of nitrogens with one attached hydrogen (secondary N) is 1. The minimum atomic E-state index is -0.135. The van der Waals surface area contributed by atoms with Gasteiger partial charge in [0.1, 0.15) is 0 Å². The van der Waals surface area contributed by atoms with Crippen molar-refractivity contribution < 1.29 is 4.79 Å². The SMILES string of the molecule is C=C(C)CNC(=O)c1cc(N)ccc1N(C)C. The van der Waals surface area contributed by atoms with Gasteiger partial charge in [0, 0.05) is 32.0 Å². The van der Waals surface area contributed by atoms with Crippen molar-refractivity contribution in [3.63, 3.8) is 0 Å². The Balaban J connectivity index is 2.98. The van der Waals surface area contributed by atoms with Crippen LogP contribution in [0.15, 0.2) is 30.4 Å². The molecular formula is C13H19N3O. The smallest absolute Gasteiger partial charge is 0.253 e. The van der Waals surface area contributed by atoms with Crippen LogP contribution < -0.4 is 16.0 Å². The fraction of sp³-hybridized carbons (Fsp3) is 0.308. The van der Waals surface area contributed by atoms with E-state index in [2.05, 4.69) is 11.9 Å². The predicted octanol–water partition coefficient (Wildman–Crippen LogP) is 1.64. The first-order valence-electron chi connectivity index (χ1n) is 5.41. The van der Waals surface area contributed by atoms with Gasteiger partial charge < -0.3 is 16.0 Å². The Morgan fingerprint density at radius 2 is 2.12 bits per heavy atom. The standard InChI is InChI=1S/C13H19N3O/c1-9(2)8-15-13(17)11-7-10(14)5-6-12(11)16(3)4/h5-7H,1,8,14H2,2-4H3,(H,15,17). The number of anilines is 2. The van der Waals surface area contributed by atoms with Crippen LogP contribution in [0.2, 0.25) is 0 Å². The average molecular weight is 233 g/mol. The van der Waals surface area contributed by atoms with Gasteiger partial charge in [-0.2, -0.15) is 0 Å². The normalized spacial score (nSPS) is 9.82. The van der Waals surface area contributed by atoms with E-state index in [0.29, 0.717) is 17.8 Å². The maximum atomic E-state index is 12.0. The molecule has 0 aliphatic carbocycles. The molecule has 92 valence electrons. The van der Waals surface area contributed by atoms with E-state index < -0.39 is 0 Å². The number of benzene rings is 1. The highest BCUT2D eigenvalue weighted by molar-refractivity contribution is 6.00. The summed E-state index contributed by atoms with van der Waals surface area (Å²) in [7, 11) is 3.78. The molecule has 0 aromatic heterocycles. The number of carbonyl (C=O) groups excluding carboxylic acids is 1. The Morgan fingerprint density at radius 3 is 2.65 bits per heavy atom. The lowest BCUT2D eigenvalue weighted by molar-refractivity contribution is 0.0957. The van der Waals surface area contributed by atoms with Crippen LogP contribution in [-0.4, -0.2) is 26.5 Å². The molecule has 0 aliphatic rings. The Labute approximate surface area is 102 Å². The zero-order chi connectivity index (χ0) is 13.0. The molecule has 4 nitrogen and oxygen atoms in total. The summed E-state index contributed by atoms with van der Waals surface area (Å²) in [6.45, 7) is 6.09. The number of nitrogens with two attached hydrogens (primary N) is 1. The lowest BCUT2D eigenvalue weighted by Crippen LogP contribution is -2.27. The number of hydrogen-bond donors (Lipinski definition) is 2. The van der Waals surface area contributed by atoms with Crippen molar-refractivity contribution in [2.75, 3.05) is 31.3 Å². The minimum Gasteiger partial charge on any atom is -0.399 e. The second-order valence-corrected chi connectivity index (χ2v) is 4.31. The first kappa shape index (κ1) is 13.1. The van der Waals surface area contributed by atoms with Gasteiger partial charge in [0.15, 0.2) is 0 Å². The van der Waals surface area contributed by atoms with Crippen LogP contribution in [0.4, 0.5) is 11.4 Å². The third-order valence-electron chi connectivity index (χ3n) is 2.30. The van der Waals surface area contributed by atoms with Crippen molar-refractivity contribution >= 4 is 17.3 Å². The van der Waals surface area contributed by atoms with Crippen molar-refractivity contribution in [3.8, 4) is 0 Å². The zero-order valence-corrected chi connectivity index (χ0v) is 10.6. The van der Waals surface area contributed by atoms with E-state index in [1.54, 1.807) is 12.1 Å². The largest absolute Gasteiger partial charge is 0.399 e. The molecule has 0 spiro atoms. The number of nitrogen functional groups attached to an aromatic ring is 1. The van der Waals surface area contributed by atoms with Gasteiger partial charge in [-0.1, -0.05) is 12.2 Å². The second-order valence-electron chi connectivity index (χ2n) is 4.31. The van der Waals surface area contributed by atoms with Crippen molar-refractivity contribution in [1.82, 2.24) is 5.32 Å². The Bertz CT molecular complexity index is 438. The summed E-state index contributed by atoms with van der Waals surface area (Å²) in [5.74, 6) is -0.135. The quantitative estimate of drug-likeness (QED) is 0.614. The molecule has 0 unspecified atom stereocenters. The van der Waals surface area contributed by atoms with E-state index >= 15 is 0 Å². The van der Waals surface area contributed by atoms with Gasteiger partial charge in [-0.25, -0.2) is 0 Å². The summed E-state index contributed by atoms with van der Waals surface area (Å²) in [4.78, 5) is 13.9. The zero-order valence-electron chi connectivity index (χ0n) is 10.6. The second kappa shape index (κ2) is 5.39. The summed E-state index contributed by atoms with van der Waals surface area (Å²) in [5.41, 5.74) is 8.62. The molecule has 1 aromatic carbocycles. The maximum Gasteiger partial charge on any atom is 0.253 e. The summed E-state index contributed by atoms with van der Waals surface area (Å²) in [6.07, 6.45) is 0. The van der Waals surface area contributed by atoms with Gasteiger partial charge in [0.25, 0.3) is 5.91 Å². The molecule has 0 bridgehead atoms. The Hall–Kier alpha value is -1.97.